The van der Waals surface area contributed by atoms with E-state index in [4.69, 9.17) is 0 Å². The minimum atomic E-state index is -4.47. The van der Waals surface area contributed by atoms with Crippen molar-refractivity contribution < 1.29 is 22.8 Å². The number of likely N-dealkylation sites (N-methyl/N-ethyl adjacent to an activating group) is 1. The Kier molecular flexibility index (Phi) is 6.20. The molecule has 9 heteroatoms. The van der Waals surface area contributed by atoms with Gasteiger partial charge in [-0.25, -0.2) is 4.68 Å². The highest BCUT2D eigenvalue weighted by molar-refractivity contribution is 5.96. The number of amides is 2. The van der Waals surface area contributed by atoms with Crippen LogP contribution in [-0.2, 0) is 17.5 Å². The minimum Gasteiger partial charge on any atom is -0.343 e. The number of para-hydroxylation sites is 1. The smallest absolute Gasteiger partial charge is 0.343 e. The molecule has 0 spiro atoms. The van der Waals surface area contributed by atoms with Crippen LogP contribution < -0.4 is 5.32 Å². The Labute approximate surface area is 170 Å². The Hall–Kier alpha value is -3.62. The van der Waals surface area contributed by atoms with Crippen molar-refractivity contribution in [2.24, 2.45) is 0 Å². The van der Waals surface area contributed by atoms with Gasteiger partial charge in [-0.3, -0.25) is 9.59 Å². The topological polar surface area (TPSA) is 67.2 Å². The normalized spacial score (nSPS) is 11.2. The zero-order valence-electron chi connectivity index (χ0n) is 16.1. The Bertz CT molecular complexity index is 1010. The summed E-state index contributed by atoms with van der Waals surface area (Å²) < 4.78 is 39.4. The van der Waals surface area contributed by atoms with Gasteiger partial charge in [-0.2, -0.15) is 18.3 Å². The van der Waals surface area contributed by atoms with E-state index in [-0.39, 0.29) is 18.0 Å². The summed E-state index contributed by atoms with van der Waals surface area (Å²) in [4.78, 5) is 25.8. The number of carbonyl (C=O) groups excluding carboxylic acids is 2. The van der Waals surface area contributed by atoms with Gasteiger partial charge in [-0.05, 0) is 36.4 Å². The van der Waals surface area contributed by atoms with Crippen LogP contribution in [-0.4, -0.2) is 40.1 Å². The van der Waals surface area contributed by atoms with Crippen LogP contribution in [0.4, 0.5) is 13.2 Å². The summed E-state index contributed by atoms with van der Waals surface area (Å²) in [6, 6.07) is 13.3. The Morgan fingerprint density at radius 1 is 1.07 bits per heavy atom. The number of benzene rings is 2. The van der Waals surface area contributed by atoms with Gasteiger partial charge in [-0.1, -0.05) is 18.2 Å². The molecule has 0 fully saturated rings. The van der Waals surface area contributed by atoms with Crippen LogP contribution in [0.2, 0.25) is 0 Å². The number of aromatic nitrogens is 2. The number of alkyl halides is 3. The lowest BCUT2D eigenvalue weighted by Crippen LogP contribution is -2.37. The molecular formula is C21H19F3N4O2. The van der Waals surface area contributed by atoms with E-state index >= 15 is 0 Å². The van der Waals surface area contributed by atoms with Gasteiger partial charge in [0.1, 0.15) is 0 Å². The zero-order chi connectivity index (χ0) is 21.7. The molecule has 1 aromatic heterocycles. The van der Waals surface area contributed by atoms with Crippen LogP contribution in [0.25, 0.3) is 5.69 Å². The predicted octanol–water partition coefficient (Wildman–Crippen LogP) is 3.28. The molecule has 3 rings (SSSR count). The fraction of sp³-hybridized carbons (Fsp3) is 0.190. The van der Waals surface area contributed by atoms with Gasteiger partial charge in [0.2, 0.25) is 5.91 Å². The molecule has 0 saturated carbocycles. The first kappa shape index (κ1) is 21.1. The number of nitrogens with one attached hydrogen (secondary N) is 1. The second-order valence-electron chi connectivity index (χ2n) is 6.64. The van der Waals surface area contributed by atoms with Crippen molar-refractivity contribution in [2.45, 2.75) is 12.7 Å². The number of hydrogen-bond donors (Lipinski definition) is 1. The largest absolute Gasteiger partial charge is 0.416 e. The van der Waals surface area contributed by atoms with Crippen molar-refractivity contribution in [2.75, 3.05) is 13.6 Å². The molecule has 0 aliphatic heterocycles. The summed E-state index contributed by atoms with van der Waals surface area (Å²) in [6.45, 7) is 0.0188. The summed E-state index contributed by atoms with van der Waals surface area (Å²) in [5.41, 5.74) is 0.902. The highest BCUT2D eigenvalue weighted by Gasteiger charge is 2.30. The Balaban J connectivity index is 1.52. The quantitative estimate of drug-likeness (QED) is 0.671. The summed E-state index contributed by atoms with van der Waals surface area (Å²) in [5.74, 6) is -0.968. The van der Waals surface area contributed by atoms with Gasteiger partial charge >= 0.3 is 6.18 Å². The van der Waals surface area contributed by atoms with E-state index < -0.39 is 17.6 Å². The van der Waals surface area contributed by atoms with E-state index in [2.05, 4.69) is 10.4 Å². The fourth-order valence-corrected chi connectivity index (χ4v) is 2.73. The summed E-state index contributed by atoms with van der Waals surface area (Å²) in [6.07, 6.45) is -1.01. The van der Waals surface area contributed by atoms with Crippen LogP contribution in [0, 0.1) is 0 Å². The van der Waals surface area contributed by atoms with Crippen LogP contribution in [0.15, 0.2) is 67.0 Å². The third-order valence-electron chi connectivity index (χ3n) is 4.38. The Morgan fingerprint density at radius 3 is 2.37 bits per heavy atom. The highest BCUT2D eigenvalue weighted by atomic mass is 19.4. The molecule has 1 heterocycles. The number of carbonyl (C=O) groups is 2. The minimum absolute atomic E-state index is 0.0441. The molecule has 156 valence electrons. The summed E-state index contributed by atoms with van der Waals surface area (Å²) in [5, 5.41) is 6.69. The molecule has 3 aromatic rings. The van der Waals surface area contributed by atoms with Crippen LogP contribution in [0.1, 0.15) is 21.5 Å². The van der Waals surface area contributed by atoms with Gasteiger partial charge in [0.15, 0.2) is 0 Å². The molecule has 6 nitrogen and oxygen atoms in total. The predicted molar refractivity (Wildman–Crippen MR) is 104 cm³/mol. The number of halogens is 3. The lowest BCUT2D eigenvalue weighted by atomic mass is 10.1. The molecule has 1 N–H and O–H groups in total. The van der Waals surface area contributed by atoms with Crippen LogP contribution >= 0.6 is 0 Å². The molecule has 30 heavy (non-hydrogen) atoms. The molecule has 2 amide bonds. The lowest BCUT2D eigenvalue weighted by molar-refractivity contribution is -0.137. The van der Waals surface area contributed by atoms with Gasteiger partial charge < -0.3 is 10.2 Å². The van der Waals surface area contributed by atoms with Crippen molar-refractivity contribution in [1.82, 2.24) is 20.0 Å². The van der Waals surface area contributed by atoms with Crippen molar-refractivity contribution in [3.63, 3.8) is 0 Å². The molecule has 0 unspecified atom stereocenters. The van der Waals surface area contributed by atoms with E-state index in [1.165, 1.54) is 4.90 Å². The maximum absolute atomic E-state index is 12.6. The third-order valence-corrected chi connectivity index (χ3v) is 4.38. The highest BCUT2D eigenvalue weighted by Crippen LogP contribution is 2.29. The molecule has 0 aliphatic carbocycles. The zero-order valence-corrected chi connectivity index (χ0v) is 16.1. The summed E-state index contributed by atoms with van der Waals surface area (Å²) in [7, 11) is 1.59. The maximum Gasteiger partial charge on any atom is 0.416 e. The average molecular weight is 416 g/mol. The van der Waals surface area contributed by atoms with Crippen LogP contribution in [0.3, 0.4) is 0 Å². The fourth-order valence-electron chi connectivity index (χ4n) is 2.73. The second-order valence-corrected chi connectivity index (χ2v) is 6.64. The first-order valence-electron chi connectivity index (χ1n) is 9.02. The molecule has 0 bridgehead atoms. The SMILES string of the molecule is CN(Cc1cnn(-c2ccccc2)c1)C(=O)CNC(=O)c1ccc(C(F)(F)F)cc1. The van der Waals surface area contributed by atoms with Gasteiger partial charge in [0, 0.05) is 30.9 Å². The van der Waals surface area contributed by atoms with E-state index in [1.807, 2.05) is 30.3 Å². The van der Waals surface area contributed by atoms with Crippen molar-refractivity contribution in [3.8, 4) is 5.69 Å². The Morgan fingerprint density at radius 2 is 1.73 bits per heavy atom. The first-order chi connectivity index (χ1) is 14.2. The molecule has 2 aromatic carbocycles. The first-order valence-corrected chi connectivity index (χ1v) is 9.02. The third kappa shape index (κ3) is 5.25. The molecular weight excluding hydrogens is 397 g/mol. The van der Waals surface area contributed by atoms with E-state index in [0.717, 1.165) is 35.5 Å². The summed E-state index contributed by atoms with van der Waals surface area (Å²) >= 11 is 0. The number of nitrogens with zero attached hydrogens (tertiary/aromatic N) is 3. The maximum atomic E-state index is 12.6. The van der Waals surface area contributed by atoms with Crippen molar-refractivity contribution in [1.29, 1.82) is 0 Å². The molecule has 0 aliphatic rings. The average Bonchev–Trinajstić information content (AvgIpc) is 3.20. The second kappa shape index (κ2) is 8.81. The molecule has 0 saturated heterocycles. The number of hydrogen-bond acceptors (Lipinski definition) is 3. The molecule has 0 atom stereocenters. The van der Waals surface area contributed by atoms with Crippen molar-refractivity contribution in [3.05, 3.63) is 83.7 Å². The van der Waals surface area contributed by atoms with E-state index in [9.17, 15) is 22.8 Å². The standard InChI is InChI=1S/C21H19F3N4O2/c1-27(13-15-11-26-28(14-15)18-5-3-2-4-6-18)19(29)12-25-20(30)16-7-9-17(10-8-16)21(22,23)24/h2-11,14H,12-13H2,1H3,(H,25,30). The van der Waals surface area contributed by atoms with Crippen molar-refractivity contribution >= 4 is 11.8 Å². The van der Waals surface area contributed by atoms with Gasteiger partial charge in [0.25, 0.3) is 5.91 Å². The monoisotopic (exact) mass is 416 g/mol. The van der Waals surface area contributed by atoms with Crippen LogP contribution in [0.5, 0.6) is 0 Å². The van der Waals surface area contributed by atoms with Gasteiger partial charge in [0.05, 0.1) is 24.0 Å². The van der Waals surface area contributed by atoms with Gasteiger partial charge in [-0.15, -0.1) is 0 Å². The number of rotatable bonds is 6. The lowest BCUT2D eigenvalue weighted by Gasteiger charge is -2.16. The van der Waals surface area contributed by atoms with E-state index in [1.54, 1.807) is 24.1 Å². The van der Waals surface area contributed by atoms with E-state index in [0.29, 0.717) is 6.54 Å². The molecule has 0 radical (unpaired) electrons.